The van der Waals surface area contributed by atoms with Crippen LogP contribution >= 0.6 is 0 Å². The zero-order valence-corrected chi connectivity index (χ0v) is 10.3. The third kappa shape index (κ3) is 3.20. The molecule has 16 heavy (non-hydrogen) atoms. The summed E-state index contributed by atoms with van der Waals surface area (Å²) in [6.07, 6.45) is 0. The van der Waals surface area contributed by atoms with Gasteiger partial charge in [-0.15, -0.1) is 0 Å². The highest BCUT2D eigenvalue weighted by Gasteiger charge is 2.14. The van der Waals surface area contributed by atoms with Crippen molar-refractivity contribution in [3.8, 4) is 0 Å². The minimum atomic E-state index is -0.141. The summed E-state index contributed by atoms with van der Waals surface area (Å²) in [7, 11) is 0. The van der Waals surface area contributed by atoms with E-state index < -0.39 is 0 Å². The summed E-state index contributed by atoms with van der Waals surface area (Å²) in [5, 5.41) is 0. The molecule has 0 saturated carbocycles. The van der Waals surface area contributed by atoms with Crippen LogP contribution in [0.4, 0.5) is 10.1 Å². The van der Waals surface area contributed by atoms with Crippen molar-refractivity contribution < 1.29 is 9.13 Å². The Balaban J connectivity index is 0.000000606. The first kappa shape index (κ1) is 13.0. The summed E-state index contributed by atoms with van der Waals surface area (Å²) in [5.74, 6) is -0.141. The van der Waals surface area contributed by atoms with Gasteiger partial charge in [0.1, 0.15) is 5.82 Å². The molecule has 1 saturated heterocycles. The van der Waals surface area contributed by atoms with Crippen molar-refractivity contribution in [2.75, 3.05) is 31.2 Å². The maximum Gasteiger partial charge on any atom is 0.146 e. The van der Waals surface area contributed by atoms with Crippen LogP contribution in [0.5, 0.6) is 0 Å². The molecule has 1 aromatic rings. The minimum absolute atomic E-state index is 0.141. The van der Waals surface area contributed by atoms with Crippen molar-refractivity contribution in [1.82, 2.24) is 0 Å². The van der Waals surface area contributed by atoms with Crippen molar-refractivity contribution in [3.63, 3.8) is 0 Å². The second-order valence-corrected chi connectivity index (χ2v) is 3.55. The molecule has 3 heteroatoms. The van der Waals surface area contributed by atoms with E-state index in [9.17, 15) is 4.39 Å². The van der Waals surface area contributed by atoms with Gasteiger partial charge in [0.15, 0.2) is 0 Å². The Bertz CT molecular complexity index is 322. The van der Waals surface area contributed by atoms with Gasteiger partial charge < -0.3 is 9.64 Å². The normalized spacial score (nSPS) is 15.4. The summed E-state index contributed by atoms with van der Waals surface area (Å²) < 4.78 is 18.7. The van der Waals surface area contributed by atoms with E-state index in [4.69, 9.17) is 4.74 Å². The van der Waals surface area contributed by atoms with Crippen molar-refractivity contribution in [2.24, 2.45) is 0 Å². The second-order valence-electron chi connectivity index (χ2n) is 3.55. The number of anilines is 1. The van der Waals surface area contributed by atoms with Gasteiger partial charge in [0.05, 0.1) is 18.9 Å². The number of nitrogens with zero attached hydrogens (tertiary/aromatic N) is 1. The smallest absolute Gasteiger partial charge is 0.146 e. The number of ether oxygens (including phenoxy) is 1. The fraction of sp³-hybridized carbons (Fsp3) is 0.538. The van der Waals surface area contributed by atoms with E-state index in [0.717, 1.165) is 18.7 Å². The van der Waals surface area contributed by atoms with Crippen molar-refractivity contribution in [2.45, 2.75) is 20.8 Å². The number of halogens is 1. The summed E-state index contributed by atoms with van der Waals surface area (Å²) >= 11 is 0. The van der Waals surface area contributed by atoms with Crippen LogP contribution in [0.15, 0.2) is 18.2 Å². The molecule has 1 aromatic carbocycles. The first-order chi connectivity index (χ1) is 7.77. The largest absolute Gasteiger partial charge is 0.378 e. The monoisotopic (exact) mass is 225 g/mol. The molecule has 0 N–H and O–H groups in total. The molecular weight excluding hydrogens is 205 g/mol. The highest BCUT2D eigenvalue weighted by molar-refractivity contribution is 5.50. The summed E-state index contributed by atoms with van der Waals surface area (Å²) in [6.45, 7) is 8.91. The SMILES string of the molecule is CC.Cc1ccc(F)c(N2CCOCC2)c1. The predicted molar refractivity (Wildman–Crippen MR) is 65.5 cm³/mol. The Morgan fingerprint density at radius 2 is 1.81 bits per heavy atom. The van der Waals surface area contributed by atoms with E-state index >= 15 is 0 Å². The Hall–Kier alpha value is -1.09. The lowest BCUT2D eigenvalue weighted by Crippen LogP contribution is -2.36. The number of hydrogen-bond donors (Lipinski definition) is 0. The van der Waals surface area contributed by atoms with Crippen LogP contribution < -0.4 is 4.90 Å². The van der Waals surface area contributed by atoms with Crippen LogP contribution in [0.2, 0.25) is 0 Å². The molecule has 1 fully saturated rings. The predicted octanol–water partition coefficient (Wildman–Crippen LogP) is 3.00. The van der Waals surface area contributed by atoms with Gasteiger partial charge in [-0.2, -0.15) is 0 Å². The van der Waals surface area contributed by atoms with Gasteiger partial charge >= 0.3 is 0 Å². The zero-order chi connectivity index (χ0) is 12.0. The number of rotatable bonds is 1. The fourth-order valence-electron chi connectivity index (χ4n) is 1.67. The van der Waals surface area contributed by atoms with Gasteiger partial charge in [0.2, 0.25) is 0 Å². The minimum Gasteiger partial charge on any atom is -0.378 e. The molecule has 0 bridgehead atoms. The van der Waals surface area contributed by atoms with Crippen LogP contribution in [0.3, 0.4) is 0 Å². The molecule has 2 nitrogen and oxygen atoms in total. The van der Waals surface area contributed by atoms with Gasteiger partial charge in [-0.05, 0) is 24.6 Å². The number of aryl methyl sites for hydroxylation is 1. The number of hydrogen-bond acceptors (Lipinski definition) is 2. The Morgan fingerprint density at radius 1 is 1.19 bits per heavy atom. The van der Waals surface area contributed by atoms with Crippen LogP contribution in [0.1, 0.15) is 19.4 Å². The van der Waals surface area contributed by atoms with E-state index in [0.29, 0.717) is 18.9 Å². The number of benzene rings is 1. The first-order valence-corrected chi connectivity index (χ1v) is 5.86. The van der Waals surface area contributed by atoms with Crippen LogP contribution in [-0.2, 0) is 4.74 Å². The van der Waals surface area contributed by atoms with E-state index in [1.807, 2.05) is 31.7 Å². The summed E-state index contributed by atoms with van der Waals surface area (Å²) in [6, 6.07) is 5.21. The Morgan fingerprint density at radius 3 is 2.44 bits per heavy atom. The molecule has 1 heterocycles. The Labute approximate surface area is 97.0 Å². The molecule has 1 aliphatic rings. The lowest BCUT2D eigenvalue weighted by atomic mass is 10.2. The lowest BCUT2D eigenvalue weighted by Gasteiger charge is -2.29. The van der Waals surface area contributed by atoms with Crippen molar-refractivity contribution in [1.29, 1.82) is 0 Å². The van der Waals surface area contributed by atoms with Gasteiger partial charge in [0.25, 0.3) is 0 Å². The van der Waals surface area contributed by atoms with Crippen LogP contribution in [0.25, 0.3) is 0 Å². The molecule has 0 spiro atoms. The molecule has 0 atom stereocenters. The molecule has 0 radical (unpaired) electrons. The highest BCUT2D eigenvalue weighted by Crippen LogP contribution is 2.21. The van der Waals surface area contributed by atoms with E-state index in [1.165, 1.54) is 6.07 Å². The maximum atomic E-state index is 13.5. The second kappa shape index (κ2) is 6.48. The topological polar surface area (TPSA) is 12.5 Å². The first-order valence-electron chi connectivity index (χ1n) is 5.86. The summed E-state index contributed by atoms with van der Waals surface area (Å²) in [5.41, 5.74) is 1.79. The van der Waals surface area contributed by atoms with Gasteiger partial charge in [-0.1, -0.05) is 19.9 Å². The zero-order valence-electron chi connectivity index (χ0n) is 10.3. The van der Waals surface area contributed by atoms with E-state index in [2.05, 4.69) is 0 Å². The van der Waals surface area contributed by atoms with E-state index in [-0.39, 0.29) is 5.82 Å². The molecule has 0 aromatic heterocycles. The quantitative estimate of drug-likeness (QED) is 0.728. The Kier molecular flexibility index (Phi) is 5.26. The highest BCUT2D eigenvalue weighted by atomic mass is 19.1. The third-order valence-electron chi connectivity index (χ3n) is 2.45. The maximum absolute atomic E-state index is 13.5. The molecule has 2 rings (SSSR count). The molecule has 0 amide bonds. The molecule has 0 unspecified atom stereocenters. The standard InChI is InChI=1S/C11H14FNO.C2H6/c1-9-2-3-10(12)11(8-9)13-4-6-14-7-5-13;1-2/h2-3,8H,4-7H2,1H3;1-2H3. The van der Waals surface area contributed by atoms with Gasteiger partial charge in [-0.3, -0.25) is 0 Å². The van der Waals surface area contributed by atoms with Gasteiger partial charge in [-0.25, -0.2) is 4.39 Å². The van der Waals surface area contributed by atoms with E-state index in [1.54, 1.807) is 6.07 Å². The molecular formula is C13H20FNO. The fourth-order valence-corrected chi connectivity index (χ4v) is 1.67. The lowest BCUT2D eigenvalue weighted by molar-refractivity contribution is 0.122. The molecule has 90 valence electrons. The van der Waals surface area contributed by atoms with Gasteiger partial charge in [0, 0.05) is 13.1 Å². The number of morpholine rings is 1. The van der Waals surface area contributed by atoms with Crippen LogP contribution in [-0.4, -0.2) is 26.3 Å². The third-order valence-corrected chi connectivity index (χ3v) is 2.45. The van der Waals surface area contributed by atoms with Crippen molar-refractivity contribution >= 4 is 5.69 Å². The molecule has 1 aliphatic heterocycles. The average Bonchev–Trinajstić information content (AvgIpc) is 2.36. The average molecular weight is 225 g/mol. The van der Waals surface area contributed by atoms with Crippen LogP contribution in [0, 0.1) is 12.7 Å². The summed E-state index contributed by atoms with van der Waals surface area (Å²) in [4.78, 5) is 2.03. The molecule has 0 aliphatic carbocycles. The van der Waals surface area contributed by atoms with Crippen molar-refractivity contribution in [3.05, 3.63) is 29.6 Å².